The molecule has 0 atom stereocenters. The fraction of sp³-hybridized carbons (Fsp3) is 0.0556. The monoisotopic (exact) mass is 381 g/mol. The van der Waals surface area contributed by atoms with Gasteiger partial charge in [-0.3, -0.25) is 19.6 Å². The molecule has 0 spiro atoms. The molecular formula is C18H15N5O5. The minimum atomic E-state index is -0.868. The van der Waals surface area contributed by atoms with E-state index in [9.17, 15) is 19.5 Å². The first-order valence-corrected chi connectivity index (χ1v) is 7.98. The Kier molecular flexibility index (Phi) is 5.30. The number of ether oxygens (including phenoxy) is 1. The molecule has 142 valence electrons. The first-order chi connectivity index (χ1) is 13.5. The number of benzene rings is 1. The molecule has 0 bridgehead atoms. The van der Waals surface area contributed by atoms with Gasteiger partial charge in [-0.2, -0.15) is 5.10 Å². The van der Waals surface area contributed by atoms with E-state index in [0.29, 0.717) is 5.75 Å². The number of carbonyl (C=O) groups is 1. The topological polar surface area (TPSA) is 139 Å². The number of para-hydroxylation sites is 2. The zero-order valence-electron chi connectivity index (χ0n) is 14.6. The van der Waals surface area contributed by atoms with Gasteiger partial charge in [-0.15, -0.1) is 0 Å². The number of aromatic hydroxyl groups is 1. The van der Waals surface area contributed by atoms with E-state index >= 15 is 0 Å². The molecule has 1 amide bonds. The van der Waals surface area contributed by atoms with Gasteiger partial charge in [-0.25, -0.2) is 14.8 Å². The second-order valence-corrected chi connectivity index (χ2v) is 5.44. The molecule has 0 unspecified atom stereocenters. The van der Waals surface area contributed by atoms with Crippen LogP contribution in [0.2, 0.25) is 0 Å². The van der Waals surface area contributed by atoms with Crippen molar-refractivity contribution in [2.24, 2.45) is 5.10 Å². The Morgan fingerprint density at radius 2 is 2.07 bits per heavy atom. The highest BCUT2D eigenvalue weighted by Crippen LogP contribution is 2.24. The van der Waals surface area contributed by atoms with Gasteiger partial charge in [0.2, 0.25) is 5.88 Å². The molecular weight excluding hydrogens is 366 g/mol. The molecule has 0 radical (unpaired) electrons. The molecule has 0 aliphatic heterocycles. The van der Waals surface area contributed by atoms with Gasteiger partial charge in [0.15, 0.2) is 0 Å². The van der Waals surface area contributed by atoms with Crippen LogP contribution in [0.3, 0.4) is 0 Å². The third-order valence-corrected chi connectivity index (χ3v) is 3.73. The predicted molar refractivity (Wildman–Crippen MR) is 100 cm³/mol. The van der Waals surface area contributed by atoms with Crippen molar-refractivity contribution in [1.82, 2.24) is 20.0 Å². The van der Waals surface area contributed by atoms with Crippen molar-refractivity contribution in [2.75, 3.05) is 7.11 Å². The van der Waals surface area contributed by atoms with Crippen molar-refractivity contribution in [1.29, 1.82) is 0 Å². The van der Waals surface area contributed by atoms with Crippen LogP contribution in [0.4, 0.5) is 0 Å². The maximum atomic E-state index is 12.2. The SMILES string of the molecule is COc1ccccc1-n1c(O)c(/C=N/NC(=O)c2cccnc2)c(=O)[nH]c1=O. The Labute approximate surface area is 157 Å². The van der Waals surface area contributed by atoms with E-state index in [0.717, 1.165) is 10.8 Å². The summed E-state index contributed by atoms with van der Waals surface area (Å²) in [4.78, 5) is 42.1. The largest absolute Gasteiger partial charge is 0.495 e. The summed E-state index contributed by atoms with van der Waals surface area (Å²) >= 11 is 0. The van der Waals surface area contributed by atoms with Crippen LogP contribution in [0.15, 0.2) is 63.5 Å². The fourth-order valence-corrected chi connectivity index (χ4v) is 2.41. The first-order valence-electron chi connectivity index (χ1n) is 7.98. The van der Waals surface area contributed by atoms with Crippen LogP contribution >= 0.6 is 0 Å². The summed E-state index contributed by atoms with van der Waals surface area (Å²) in [5.41, 5.74) is 0.646. The van der Waals surface area contributed by atoms with Gasteiger partial charge < -0.3 is 9.84 Å². The molecule has 0 saturated heterocycles. The number of hydrazone groups is 1. The number of nitrogens with zero attached hydrogens (tertiary/aromatic N) is 3. The maximum Gasteiger partial charge on any atom is 0.335 e. The quantitative estimate of drug-likeness (QED) is 0.432. The van der Waals surface area contributed by atoms with Gasteiger partial charge in [0, 0.05) is 12.4 Å². The number of aromatic nitrogens is 3. The standard InChI is InChI=1S/C18H15N5O5/c1-28-14-7-3-2-6-13(14)23-17(26)12(16(25)21-18(23)27)10-20-22-15(24)11-5-4-8-19-9-11/h2-10,26H,1H3,(H,22,24)(H,21,25,27)/b20-10+. The normalized spacial score (nSPS) is 10.8. The van der Waals surface area contributed by atoms with E-state index in [2.05, 4.69) is 20.5 Å². The average molecular weight is 381 g/mol. The lowest BCUT2D eigenvalue weighted by Gasteiger charge is -2.12. The highest BCUT2D eigenvalue weighted by atomic mass is 16.5. The lowest BCUT2D eigenvalue weighted by Crippen LogP contribution is -2.31. The zero-order valence-corrected chi connectivity index (χ0v) is 14.6. The highest BCUT2D eigenvalue weighted by Gasteiger charge is 2.17. The number of aromatic amines is 1. The van der Waals surface area contributed by atoms with E-state index in [1.165, 1.54) is 31.6 Å². The number of H-pyrrole nitrogens is 1. The molecule has 0 aliphatic carbocycles. The molecule has 0 aliphatic rings. The third kappa shape index (κ3) is 3.65. The Bertz CT molecular complexity index is 1150. The number of pyridine rings is 1. The van der Waals surface area contributed by atoms with Crippen molar-refractivity contribution in [2.45, 2.75) is 0 Å². The molecule has 2 aromatic heterocycles. The van der Waals surface area contributed by atoms with Crippen molar-refractivity contribution in [3.8, 4) is 17.3 Å². The van der Waals surface area contributed by atoms with Crippen molar-refractivity contribution >= 4 is 12.1 Å². The summed E-state index contributed by atoms with van der Waals surface area (Å²) in [5, 5.41) is 14.1. The summed E-state index contributed by atoms with van der Waals surface area (Å²) < 4.78 is 6.05. The molecule has 10 nitrogen and oxygen atoms in total. The smallest absolute Gasteiger partial charge is 0.335 e. The number of amides is 1. The predicted octanol–water partition coefficient (Wildman–Crippen LogP) is 0.399. The van der Waals surface area contributed by atoms with Crippen LogP contribution in [0, 0.1) is 0 Å². The molecule has 3 N–H and O–H groups in total. The molecule has 1 aromatic carbocycles. The van der Waals surface area contributed by atoms with Gasteiger partial charge >= 0.3 is 5.69 Å². The Balaban J connectivity index is 1.97. The molecule has 10 heteroatoms. The third-order valence-electron chi connectivity index (χ3n) is 3.73. The molecule has 3 aromatic rings. The zero-order chi connectivity index (χ0) is 20.1. The lowest BCUT2D eigenvalue weighted by atomic mass is 10.2. The number of methoxy groups -OCH3 is 1. The van der Waals surface area contributed by atoms with E-state index in [1.807, 2.05) is 0 Å². The van der Waals surface area contributed by atoms with Crippen LogP contribution in [-0.4, -0.2) is 38.9 Å². The molecule has 28 heavy (non-hydrogen) atoms. The maximum absolute atomic E-state index is 12.2. The van der Waals surface area contributed by atoms with Crippen LogP contribution in [0.25, 0.3) is 5.69 Å². The van der Waals surface area contributed by atoms with E-state index in [4.69, 9.17) is 4.74 Å². The summed E-state index contributed by atoms with van der Waals surface area (Å²) in [6.07, 6.45) is 3.80. The van der Waals surface area contributed by atoms with Gasteiger partial charge in [0.05, 0.1) is 24.6 Å². The number of hydrogen-bond acceptors (Lipinski definition) is 7. The highest BCUT2D eigenvalue weighted by molar-refractivity contribution is 5.94. The van der Waals surface area contributed by atoms with Gasteiger partial charge in [-0.05, 0) is 24.3 Å². The Morgan fingerprint density at radius 1 is 1.29 bits per heavy atom. The number of nitrogens with one attached hydrogen (secondary N) is 2. The Hall–Kier alpha value is -4.21. The van der Waals surface area contributed by atoms with E-state index in [1.54, 1.807) is 24.3 Å². The molecule has 0 saturated carbocycles. The van der Waals surface area contributed by atoms with E-state index < -0.39 is 23.0 Å². The van der Waals surface area contributed by atoms with Crippen LogP contribution in [0.5, 0.6) is 11.6 Å². The van der Waals surface area contributed by atoms with Gasteiger partial charge in [-0.1, -0.05) is 12.1 Å². The van der Waals surface area contributed by atoms with Gasteiger partial charge in [0.25, 0.3) is 11.5 Å². The van der Waals surface area contributed by atoms with E-state index in [-0.39, 0.29) is 16.8 Å². The average Bonchev–Trinajstić information content (AvgIpc) is 2.71. The minimum absolute atomic E-state index is 0.220. The summed E-state index contributed by atoms with van der Waals surface area (Å²) in [6.45, 7) is 0. The second kappa shape index (κ2) is 7.99. The lowest BCUT2D eigenvalue weighted by molar-refractivity contribution is 0.0954. The van der Waals surface area contributed by atoms with Crippen LogP contribution in [-0.2, 0) is 0 Å². The number of hydrogen-bond donors (Lipinski definition) is 3. The minimum Gasteiger partial charge on any atom is -0.495 e. The molecule has 3 rings (SSSR count). The fourth-order valence-electron chi connectivity index (χ4n) is 2.41. The van der Waals surface area contributed by atoms with Gasteiger partial charge in [0.1, 0.15) is 11.3 Å². The summed E-state index contributed by atoms with van der Waals surface area (Å²) in [7, 11) is 1.41. The molecule has 2 heterocycles. The second-order valence-electron chi connectivity index (χ2n) is 5.44. The van der Waals surface area contributed by atoms with Crippen molar-refractivity contribution < 1.29 is 14.6 Å². The number of carbonyl (C=O) groups excluding carboxylic acids is 1. The van der Waals surface area contributed by atoms with Crippen molar-refractivity contribution in [3.05, 3.63) is 80.8 Å². The molecule has 0 fully saturated rings. The van der Waals surface area contributed by atoms with Crippen LogP contribution in [0.1, 0.15) is 15.9 Å². The summed E-state index contributed by atoms with van der Waals surface area (Å²) in [5.74, 6) is -0.907. The first kappa shape index (κ1) is 18.6. The summed E-state index contributed by atoms with van der Waals surface area (Å²) in [6, 6.07) is 9.56. The van der Waals surface area contributed by atoms with Crippen LogP contribution < -0.4 is 21.4 Å². The Morgan fingerprint density at radius 3 is 2.79 bits per heavy atom. The number of rotatable bonds is 5. The van der Waals surface area contributed by atoms with Crippen molar-refractivity contribution in [3.63, 3.8) is 0 Å².